The summed E-state index contributed by atoms with van der Waals surface area (Å²) < 4.78 is 5.42. The fourth-order valence-electron chi connectivity index (χ4n) is 3.19. The predicted octanol–water partition coefficient (Wildman–Crippen LogP) is 6.33. The largest absolute Gasteiger partial charge is 0.468 e. The Morgan fingerprint density at radius 1 is 1.03 bits per heavy atom. The van der Waals surface area contributed by atoms with Gasteiger partial charge in [-0.2, -0.15) is 0 Å². The lowest BCUT2D eigenvalue weighted by Gasteiger charge is -2.24. The van der Waals surface area contributed by atoms with E-state index in [4.69, 9.17) is 16.0 Å². The maximum Gasteiger partial charge on any atom is 0.166 e. The van der Waals surface area contributed by atoms with Crippen molar-refractivity contribution in [3.8, 4) is 0 Å². The summed E-state index contributed by atoms with van der Waals surface area (Å²) in [6.07, 6.45) is 3.52. The van der Waals surface area contributed by atoms with Crippen molar-refractivity contribution < 1.29 is 4.42 Å². The number of anilines is 1. The summed E-state index contributed by atoms with van der Waals surface area (Å²) in [5.41, 5.74) is 3.84. The Morgan fingerprint density at radius 2 is 1.82 bits per heavy atom. The fourth-order valence-corrected chi connectivity index (χ4v) is 4.43. The topological polar surface area (TPSA) is 61.2 Å². The molecule has 180 valence electrons. The van der Waals surface area contributed by atoms with Gasteiger partial charge >= 0.3 is 0 Å². The number of fused-ring (bicyclic) bond motifs is 1. The normalized spacial score (nSPS) is 10.4. The summed E-state index contributed by atoms with van der Waals surface area (Å²) in [6, 6.07) is 13.9. The molecule has 1 aromatic carbocycles. The quantitative estimate of drug-likeness (QED) is 0.246. The van der Waals surface area contributed by atoms with Crippen LogP contribution in [0, 0.1) is 0 Å². The lowest BCUT2D eigenvalue weighted by molar-refractivity contribution is 0.301. The minimum absolute atomic E-state index is 0. The second kappa shape index (κ2) is 13.9. The standard InChI is InChI=1S/C22H24ClN5OS.3ClH/c1-27(14-16-6-5-13-29-16)11-12-28(2)20-9-10-24-19(21(20)23)15-30-22-25-17-7-3-4-8-18(17)26-22;;;/h3-10,13H,11-12,14-15H2,1-2H3,(H,25,26);3*1H. The molecule has 11 heteroatoms. The summed E-state index contributed by atoms with van der Waals surface area (Å²) >= 11 is 8.31. The third-order valence-corrected chi connectivity index (χ3v) is 6.18. The van der Waals surface area contributed by atoms with E-state index in [9.17, 15) is 0 Å². The van der Waals surface area contributed by atoms with Crippen molar-refractivity contribution in [1.82, 2.24) is 19.9 Å². The number of pyridine rings is 1. The molecule has 0 spiro atoms. The minimum atomic E-state index is 0. The molecule has 0 fully saturated rings. The van der Waals surface area contributed by atoms with Gasteiger partial charge in [0.05, 0.1) is 40.2 Å². The molecule has 0 aliphatic heterocycles. The second-order valence-corrected chi connectivity index (χ2v) is 8.52. The van der Waals surface area contributed by atoms with Gasteiger partial charge in [-0.3, -0.25) is 9.88 Å². The number of rotatable bonds is 9. The van der Waals surface area contributed by atoms with E-state index in [1.165, 1.54) is 0 Å². The second-order valence-electron chi connectivity index (χ2n) is 7.18. The summed E-state index contributed by atoms with van der Waals surface area (Å²) in [4.78, 5) is 16.8. The maximum absolute atomic E-state index is 6.70. The van der Waals surface area contributed by atoms with Gasteiger partial charge in [-0.1, -0.05) is 35.5 Å². The number of H-pyrrole nitrogens is 1. The first kappa shape index (κ1) is 29.4. The number of nitrogens with one attached hydrogen (secondary N) is 1. The number of benzene rings is 1. The molecule has 0 saturated carbocycles. The molecule has 1 N–H and O–H groups in total. The average molecular weight is 551 g/mol. The van der Waals surface area contributed by atoms with Gasteiger partial charge in [0, 0.05) is 32.1 Å². The van der Waals surface area contributed by atoms with Gasteiger partial charge in [-0.05, 0) is 37.4 Å². The molecule has 0 bridgehead atoms. The van der Waals surface area contributed by atoms with Gasteiger partial charge in [0.1, 0.15) is 5.76 Å². The van der Waals surface area contributed by atoms with Crippen LogP contribution in [0.5, 0.6) is 0 Å². The van der Waals surface area contributed by atoms with Crippen LogP contribution in [0.1, 0.15) is 11.5 Å². The van der Waals surface area contributed by atoms with Crippen LogP contribution < -0.4 is 4.90 Å². The van der Waals surface area contributed by atoms with E-state index >= 15 is 0 Å². The molecule has 0 amide bonds. The number of para-hydroxylation sites is 2. The molecule has 0 radical (unpaired) electrons. The zero-order valence-corrected chi connectivity index (χ0v) is 22.3. The third kappa shape index (κ3) is 7.70. The van der Waals surface area contributed by atoms with Crippen LogP contribution >= 0.6 is 60.6 Å². The first-order valence-corrected chi connectivity index (χ1v) is 11.1. The number of likely N-dealkylation sites (N-methyl/N-ethyl adjacent to an activating group) is 2. The third-order valence-electron chi connectivity index (χ3n) is 4.89. The highest BCUT2D eigenvalue weighted by Gasteiger charge is 2.13. The van der Waals surface area contributed by atoms with Crippen molar-refractivity contribution in [3.63, 3.8) is 0 Å². The molecule has 0 unspecified atom stereocenters. The van der Waals surface area contributed by atoms with Crippen LogP contribution in [0.15, 0.2) is 64.5 Å². The lowest BCUT2D eigenvalue weighted by atomic mass is 10.3. The Hall–Kier alpha value is -1.61. The smallest absolute Gasteiger partial charge is 0.166 e. The van der Waals surface area contributed by atoms with E-state index in [0.717, 1.165) is 53.0 Å². The van der Waals surface area contributed by atoms with Crippen LogP contribution in [0.4, 0.5) is 5.69 Å². The van der Waals surface area contributed by atoms with Crippen molar-refractivity contribution in [3.05, 3.63) is 71.4 Å². The van der Waals surface area contributed by atoms with Gasteiger partial charge < -0.3 is 14.3 Å². The van der Waals surface area contributed by atoms with Crippen molar-refractivity contribution in [2.75, 3.05) is 32.1 Å². The van der Waals surface area contributed by atoms with E-state index in [1.807, 2.05) is 48.7 Å². The first-order chi connectivity index (χ1) is 14.6. The molecule has 0 aliphatic rings. The molecule has 4 rings (SSSR count). The number of furan rings is 1. The van der Waals surface area contributed by atoms with E-state index in [-0.39, 0.29) is 37.2 Å². The molecule has 0 saturated heterocycles. The average Bonchev–Trinajstić information content (AvgIpc) is 3.40. The predicted molar refractivity (Wildman–Crippen MR) is 145 cm³/mol. The van der Waals surface area contributed by atoms with Crippen molar-refractivity contribution >= 4 is 77.3 Å². The molecular weight excluding hydrogens is 524 g/mol. The number of thioether (sulfide) groups is 1. The zero-order chi connectivity index (χ0) is 20.9. The van der Waals surface area contributed by atoms with Crippen molar-refractivity contribution in [1.29, 1.82) is 0 Å². The van der Waals surface area contributed by atoms with E-state index in [1.54, 1.807) is 18.0 Å². The molecule has 3 heterocycles. The van der Waals surface area contributed by atoms with Crippen molar-refractivity contribution in [2.45, 2.75) is 17.5 Å². The molecule has 0 aliphatic carbocycles. The first-order valence-electron chi connectivity index (χ1n) is 9.73. The van der Waals surface area contributed by atoms with Crippen molar-refractivity contribution in [2.24, 2.45) is 0 Å². The monoisotopic (exact) mass is 549 g/mol. The SMILES string of the molecule is CN(CCN(C)c1ccnc(CSc2nc3ccccc3[nH]2)c1Cl)Cc1ccco1.Cl.Cl.Cl. The summed E-state index contributed by atoms with van der Waals surface area (Å²) in [6.45, 7) is 2.51. The molecule has 6 nitrogen and oxygen atoms in total. The summed E-state index contributed by atoms with van der Waals surface area (Å²) in [5, 5.41) is 1.56. The number of nitrogens with zero attached hydrogens (tertiary/aromatic N) is 4. The van der Waals surface area contributed by atoms with E-state index in [2.05, 4.69) is 38.8 Å². The van der Waals surface area contributed by atoms with Gasteiger partial charge in [0.2, 0.25) is 0 Å². The Labute approximate surface area is 221 Å². The van der Waals surface area contributed by atoms with Crippen LogP contribution in [0.3, 0.4) is 0 Å². The van der Waals surface area contributed by atoms with Crippen LogP contribution in [0.25, 0.3) is 11.0 Å². The van der Waals surface area contributed by atoms with Gasteiger partial charge in [-0.25, -0.2) is 4.98 Å². The summed E-state index contributed by atoms with van der Waals surface area (Å²) in [7, 11) is 4.14. The van der Waals surface area contributed by atoms with Crippen LogP contribution in [-0.2, 0) is 12.3 Å². The molecule has 4 aromatic rings. The maximum atomic E-state index is 6.70. The highest BCUT2D eigenvalue weighted by Crippen LogP contribution is 2.31. The Kier molecular flexibility index (Phi) is 12.4. The molecule has 3 aromatic heterocycles. The number of hydrogen-bond acceptors (Lipinski definition) is 6. The van der Waals surface area contributed by atoms with Gasteiger partial charge in [0.25, 0.3) is 0 Å². The fraction of sp³-hybridized carbons (Fsp3) is 0.273. The Bertz CT molecular complexity index is 1080. The molecule has 0 atom stereocenters. The molecular formula is C22H27Cl4N5OS. The number of aromatic nitrogens is 3. The number of halogens is 4. The Balaban J connectivity index is 0.00000181. The number of aromatic amines is 1. The van der Waals surface area contributed by atoms with Gasteiger partial charge in [-0.15, -0.1) is 37.2 Å². The highest BCUT2D eigenvalue weighted by molar-refractivity contribution is 7.98. The zero-order valence-electron chi connectivity index (χ0n) is 18.2. The highest BCUT2D eigenvalue weighted by atomic mass is 35.5. The van der Waals surface area contributed by atoms with E-state index in [0.29, 0.717) is 10.8 Å². The lowest BCUT2D eigenvalue weighted by Crippen LogP contribution is -2.30. The molecule has 33 heavy (non-hydrogen) atoms. The van der Waals surface area contributed by atoms with E-state index < -0.39 is 0 Å². The minimum Gasteiger partial charge on any atom is -0.468 e. The summed E-state index contributed by atoms with van der Waals surface area (Å²) in [5.74, 6) is 1.62. The number of imidazole rings is 1. The number of hydrogen-bond donors (Lipinski definition) is 1. The Morgan fingerprint density at radius 3 is 2.55 bits per heavy atom. The van der Waals surface area contributed by atoms with Gasteiger partial charge in [0.15, 0.2) is 5.16 Å². The van der Waals surface area contributed by atoms with Crippen LogP contribution in [0.2, 0.25) is 5.02 Å². The van der Waals surface area contributed by atoms with Crippen LogP contribution in [-0.4, -0.2) is 47.0 Å².